The van der Waals surface area contributed by atoms with Crippen LogP contribution in [-0.2, 0) is 62.6 Å². The average Bonchev–Trinajstić information content (AvgIpc) is 2.47. The molecule has 0 atom stereocenters. The minimum absolute atomic E-state index is 0.0901. The summed E-state index contributed by atoms with van der Waals surface area (Å²) in [5, 5.41) is 0. The zero-order valence-electron chi connectivity index (χ0n) is 22.2. The van der Waals surface area contributed by atoms with Crippen molar-refractivity contribution in [2.75, 3.05) is 0 Å². The minimum Gasteiger partial charge on any atom is -0.319 e. The van der Waals surface area contributed by atoms with Gasteiger partial charge < -0.3 is 27.1 Å². The molecule has 0 aliphatic heterocycles. The van der Waals surface area contributed by atoms with E-state index in [2.05, 4.69) is 0 Å². The maximum atomic E-state index is 6.18. The molecule has 0 aromatic heterocycles. The van der Waals surface area contributed by atoms with Crippen molar-refractivity contribution in [3.8, 4) is 0 Å². The summed E-state index contributed by atoms with van der Waals surface area (Å²) in [4.78, 5) is 0. The van der Waals surface area contributed by atoms with Gasteiger partial charge in [-0.15, -0.1) is 0 Å². The molecule has 206 valence electrons. The highest BCUT2D eigenvalue weighted by molar-refractivity contribution is 9.35. The lowest BCUT2D eigenvalue weighted by Crippen LogP contribution is -2.06. The maximum absolute atomic E-state index is 6.18. The molecule has 0 fully saturated rings. The van der Waals surface area contributed by atoms with Crippen LogP contribution in [0.4, 0.5) is 0 Å². The van der Waals surface area contributed by atoms with Crippen molar-refractivity contribution in [2.45, 2.75) is 120 Å². The van der Waals surface area contributed by atoms with Crippen LogP contribution < -0.4 is 0 Å². The summed E-state index contributed by atoms with van der Waals surface area (Å²) in [6, 6.07) is 0. The van der Waals surface area contributed by atoms with Gasteiger partial charge >= 0.3 is 0 Å². The molecule has 0 rings (SSSR count). The molecular weight excluding hydrogens is 628 g/mol. The molecule has 34 heavy (non-hydrogen) atoms. The van der Waals surface area contributed by atoms with E-state index in [1.165, 1.54) is 33.0 Å². The summed E-state index contributed by atoms with van der Waals surface area (Å²) in [6.45, 7) is 23.5. The van der Waals surface area contributed by atoms with Crippen molar-refractivity contribution >= 4 is 91.0 Å². The molecule has 6 nitrogen and oxygen atoms in total. The Morgan fingerprint density at radius 3 is 0.676 bits per heavy atom. The molecule has 0 aromatic carbocycles. The summed E-state index contributed by atoms with van der Waals surface area (Å²) in [6.07, 6.45) is -0.541. The summed E-state index contributed by atoms with van der Waals surface area (Å²) in [5.74, 6) is 0. The van der Waals surface area contributed by atoms with E-state index in [1.54, 1.807) is 0 Å². The molecule has 0 saturated carbocycles. The first-order valence-electron chi connectivity index (χ1n) is 11.1. The fourth-order valence-corrected chi connectivity index (χ4v) is 58.1. The Hall–Kier alpha value is 3.19. The first-order valence-corrected chi connectivity index (χ1v) is 26.4. The number of hydrogen-bond acceptors (Lipinski definition) is 12. The van der Waals surface area contributed by atoms with Gasteiger partial charge in [-0.05, 0) is 152 Å². The highest BCUT2D eigenvalue weighted by Crippen LogP contribution is 2.96. The lowest BCUT2D eigenvalue weighted by molar-refractivity contribution is 0.185. The summed E-state index contributed by atoms with van der Waals surface area (Å²) in [5.41, 5.74) is -9.39. The Balaban J connectivity index is 6.36. The maximum Gasteiger partial charge on any atom is 0.253 e. The molecule has 0 heterocycles. The normalized spacial score (nSPS) is 14.2. The standard InChI is InChI=1S/C18H42O6P4S6/c1-13(2)19-26(29,20-14(3)4)32-25(33-27(30,21-15(5)6)22-16(7)8)34-28(31,23-17(9)10)24-18(11)12/h13-18H,1-12H3. The van der Waals surface area contributed by atoms with Gasteiger partial charge in [0.05, 0.1) is 36.6 Å². The second-order valence-electron chi connectivity index (χ2n) is 8.74. The van der Waals surface area contributed by atoms with Gasteiger partial charge in [-0.3, -0.25) is 0 Å². The largest absolute Gasteiger partial charge is 0.319 e. The molecule has 0 N–H and O–H groups in total. The van der Waals surface area contributed by atoms with Crippen LogP contribution >= 0.6 is 55.6 Å². The smallest absolute Gasteiger partial charge is 0.253 e. The zero-order chi connectivity index (χ0) is 26.9. The lowest BCUT2D eigenvalue weighted by Gasteiger charge is -2.34. The predicted octanol–water partition coefficient (Wildman–Crippen LogP) is 10.6. The van der Waals surface area contributed by atoms with Gasteiger partial charge in [-0.1, -0.05) is 0 Å². The Morgan fingerprint density at radius 1 is 0.412 bits per heavy atom. The number of rotatable bonds is 18. The molecular formula is C18H42O6P4S6. The van der Waals surface area contributed by atoms with Crippen molar-refractivity contribution in [3.63, 3.8) is 0 Å². The van der Waals surface area contributed by atoms with Gasteiger partial charge in [0.15, 0.2) is 0 Å². The number of hydrogen-bond donors (Lipinski definition) is 0. The van der Waals surface area contributed by atoms with Crippen LogP contribution in [0.1, 0.15) is 83.1 Å². The minimum atomic E-state index is -2.74. The van der Waals surface area contributed by atoms with Gasteiger partial charge in [0.1, 0.15) is 5.53 Å². The fourth-order valence-electron chi connectivity index (χ4n) is 2.03. The first kappa shape index (κ1) is 37.2. The molecule has 0 aliphatic carbocycles. The Bertz CT molecular complexity index is 601. The van der Waals surface area contributed by atoms with E-state index in [0.717, 1.165) is 0 Å². The Labute approximate surface area is 236 Å². The molecule has 0 aromatic rings. The van der Waals surface area contributed by atoms with Gasteiger partial charge in [-0.2, -0.15) is 0 Å². The molecule has 16 heteroatoms. The topological polar surface area (TPSA) is 55.4 Å². The van der Waals surface area contributed by atoms with E-state index in [0.29, 0.717) is 0 Å². The highest BCUT2D eigenvalue weighted by atomic mass is 33.6. The molecule has 0 saturated heterocycles. The van der Waals surface area contributed by atoms with E-state index in [-0.39, 0.29) is 36.6 Å². The van der Waals surface area contributed by atoms with Crippen molar-refractivity contribution in [3.05, 3.63) is 0 Å². The van der Waals surface area contributed by atoms with E-state index in [1.807, 2.05) is 83.1 Å². The summed E-state index contributed by atoms with van der Waals surface area (Å²) in [7, 11) is 0. The van der Waals surface area contributed by atoms with E-state index < -0.39 is 22.6 Å². The van der Waals surface area contributed by atoms with Crippen LogP contribution in [0.3, 0.4) is 0 Å². The van der Waals surface area contributed by atoms with Gasteiger partial charge in [-0.25, -0.2) is 0 Å². The Morgan fingerprint density at radius 2 is 0.559 bits per heavy atom. The molecule has 0 bridgehead atoms. The van der Waals surface area contributed by atoms with E-state index in [9.17, 15) is 0 Å². The fraction of sp³-hybridized carbons (Fsp3) is 1.00. The SMILES string of the molecule is CC(C)OP(=S)(OC(C)C)SP(SP(=S)(OC(C)C)OC(C)C)SP(=S)(OC(C)C)OC(C)C. The third-order valence-electron chi connectivity index (χ3n) is 2.54. The molecule has 0 spiro atoms. The average molecular weight is 671 g/mol. The molecule has 0 aliphatic rings. The lowest BCUT2D eigenvalue weighted by atomic mass is 10.5. The van der Waals surface area contributed by atoms with Crippen molar-refractivity contribution < 1.29 is 27.1 Å². The molecule has 0 unspecified atom stereocenters. The van der Waals surface area contributed by atoms with Crippen LogP contribution in [0.2, 0.25) is 0 Å². The molecule has 0 amide bonds. The summed E-state index contributed by atoms with van der Waals surface area (Å²) < 4.78 is 37.1. The van der Waals surface area contributed by atoms with Gasteiger partial charge in [0.2, 0.25) is 0 Å². The monoisotopic (exact) mass is 670 g/mol. The quantitative estimate of drug-likeness (QED) is 0.130. The zero-order valence-corrected chi connectivity index (χ0v) is 30.6. The van der Waals surface area contributed by atoms with Crippen LogP contribution in [0.15, 0.2) is 0 Å². The van der Waals surface area contributed by atoms with Crippen molar-refractivity contribution in [2.24, 2.45) is 0 Å². The molecule has 0 radical (unpaired) electrons. The highest BCUT2D eigenvalue weighted by Gasteiger charge is 2.40. The second kappa shape index (κ2) is 17.1. The third kappa shape index (κ3) is 17.7. The van der Waals surface area contributed by atoms with Crippen LogP contribution in [0.25, 0.3) is 0 Å². The second-order valence-corrected chi connectivity index (χ2v) is 35.6. The van der Waals surface area contributed by atoms with E-state index >= 15 is 0 Å². The van der Waals surface area contributed by atoms with Gasteiger partial charge in [0.25, 0.3) is 17.1 Å². The van der Waals surface area contributed by atoms with E-state index in [4.69, 9.17) is 62.6 Å². The third-order valence-corrected chi connectivity index (χ3v) is 38.9. The van der Waals surface area contributed by atoms with Crippen LogP contribution in [0, 0.1) is 0 Å². The van der Waals surface area contributed by atoms with Crippen molar-refractivity contribution in [1.29, 1.82) is 0 Å². The first-order chi connectivity index (χ1) is 15.3. The van der Waals surface area contributed by atoms with Crippen LogP contribution in [0.5, 0.6) is 0 Å². The van der Waals surface area contributed by atoms with Crippen molar-refractivity contribution in [1.82, 2.24) is 0 Å². The van der Waals surface area contributed by atoms with Gasteiger partial charge in [0, 0.05) is 0 Å². The Kier molecular flexibility index (Phi) is 18.7. The summed E-state index contributed by atoms with van der Waals surface area (Å²) >= 11 is 22.4. The van der Waals surface area contributed by atoms with Crippen LogP contribution in [-0.4, -0.2) is 36.6 Å². The predicted molar refractivity (Wildman–Crippen MR) is 170 cm³/mol.